The second kappa shape index (κ2) is 14.7. The molecule has 278 valence electrons. The number of hydrogen-bond donors (Lipinski definition) is 7. The summed E-state index contributed by atoms with van der Waals surface area (Å²) in [5.41, 5.74) is -0.887. The summed E-state index contributed by atoms with van der Waals surface area (Å²) in [5.74, 6) is -9.77. The summed E-state index contributed by atoms with van der Waals surface area (Å²) in [5, 5.41) is 53.7. The van der Waals surface area contributed by atoms with Gasteiger partial charge < -0.3 is 50.5 Å². The zero-order chi connectivity index (χ0) is 38.3. The average molecular weight is 758 g/mol. The zero-order valence-corrected chi connectivity index (χ0v) is 28.2. The summed E-state index contributed by atoms with van der Waals surface area (Å²) < 4.78 is 34.1. The highest BCUT2D eigenvalue weighted by atomic mass is 35.5. The van der Waals surface area contributed by atoms with E-state index in [9.17, 15) is 58.2 Å². The Morgan fingerprint density at radius 2 is 1.62 bits per heavy atom. The maximum Gasteiger partial charge on any atom is 0.547 e. The highest BCUT2D eigenvalue weighted by molar-refractivity contribution is 6.47. The van der Waals surface area contributed by atoms with Gasteiger partial charge in [-0.05, 0) is 61.2 Å². The molecule has 0 bridgehead atoms. The first-order valence-electron chi connectivity index (χ1n) is 16.2. The van der Waals surface area contributed by atoms with Crippen LogP contribution in [0, 0.1) is 11.6 Å². The Morgan fingerprint density at radius 3 is 2.28 bits per heavy atom. The number of fused-ring (bicyclic) bond motifs is 1. The predicted molar refractivity (Wildman–Crippen MR) is 179 cm³/mol. The van der Waals surface area contributed by atoms with Crippen LogP contribution in [0.1, 0.15) is 50.7 Å². The van der Waals surface area contributed by atoms with E-state index in [2.05, 4.69) is 10.6 Å². The van der Waals surface area contributed by atoms with E-state index >= 15 is 0 Å². The lowest BCUT2D eigenvalue weighted by molar-refractivity contribution is -0.123. The molecule has 0 spiro atoms. The average Bonchev–Trinajstić information content (AvgIpc) is 3.52. The van der Waals surface area contributed by atoms with E-state index in [0.717, 1.165) is 11.0 Å². The van der Waals surface area contributed by atoms with Crippen molar-refractivity contribution < 1.29 is 62.9 Å². The summed E-state index contributed by atoms with van der Waals surface area (Å²) >= 11 is 6.19. The predicted octanol–water partition coefficient (Wildman–Crippen LogP) is 2.37. The number of urea groups is 2. The molecule has 6 amide bonds. The molecule has 3 aromatic carbocycles. The standard InChI is InChI=1S/C33H31BClF2N5O11/c35-24-19(14-21(37)26(44)27(24)45)25(29(46)38-22-13-16-3-6-20(36)23(31(48)49)28(16)53-34(22)52)39-32(50)42-12-11-41(33(42)51)17-7-9-40(10-8-17)30(47)15-1-4-18(43)5-2-15/h1-6,14,17,22,25,43-45,52H,7-13H2,(H,38,46)(H,39,50)(H,48,49)/t22-,25-/m0/s1. The molecule has 6 rings (SSSR count). The van der Waals surface area contributed by atoms with Gasteiger partial charge in [-0.1, -0.05) is 17.7 Å². The van der Waals surface area contributed by atoms with Gasteiger partial charge in [-0.2, -0.15) is 0 Å². The normalized spacial score (nSPS) is 18.0. The lowest BCUT2D eigenvalue weighted by Crippen LogP contribution is -2.56. The van der Waals surface area contributed by atoms with E-state index in [1.165, 1.54) is 35.2 Å². The van der Waals surface area contributed by atoms with E-state index < -0.39 is 88.1 Å². The van der Waals surface area contributed by atoms with E-state index in [0.29, 0.717) is 37.6 Å². The number of likely N-dealkylation sites (tertiary alicyclic amines) is 1. The van der Waals surface area contributed by atoms with Crippen LogP contribution in [0.2, 0.25) is 5.02 Å². The minimum Gasteiger partial charge on any atom is -0.534 e. The summed E-state index contributed by atoms with van der Waals surface area (Å²) in [4.78, 5) is 69.3. The molecule has 0 saturated carbocycles. The first kappa shape index (κ1) is 37.0. The van der Waals surface area contributed by atoms with Gasteiger partial charge in [0.25, 0.3) is 5.91 Å². The number of benzene rings is 3. The van der Waals surface area contributed by atoms with Crippen molar-refractivity contribution in [2.24, 2.45) is 0 Å². The highest BCUT2D eigenvalue weighted by Crippen LogP contribution is 2.41. The number of carboxylic acid groups (broad SMARTS) is 1. The van der Waals surface area contributed by atoms with Gasteiger partial charge in [0.1, 0.15) is 28.9 Å². The number of hydrogen-bond acceptors (Lipinski definition) is 10. The Balaban J connectivity index is 1.17. The molecule has 7 N–H and O–H groups in total. The Hall–Kier alpha value is -5.82. The number of nitrogens with one attached hydrogen (secondary N) is 2. The van der Waals surface area contributed by atoms with Crippen LogP contribution >= 0.6 is 11.6 Å². The Labute approximate surface area is 304 Å². The second-order valence-electron chi connectivity index (χ2n) is 12.6. The molecule has 3 heterocycles. The number of aromatic carboxylic acids is 1. The van der Waals surface area contributed by atoms with Crippen molar-refractivity contribution in [2.75, 3.05) is 26.2 Å². The van der Waals surface area contributed by atoms with E-state index in [1.807, 2.05) is 0 Å². The lowest BCUT2D eigenvalue weighted by atomic mass is 9.72. The maximum atomic E-state index is 14.7. The molecule has 2 fully saturated rings. The van der Waals surface area contributed by atoms with E-state index in [4.69, 9.17) is 16.3 Å². The number of carbonyl (C=O) groups is 5. The fourth-order valence-electron chi connectivity index (χ4n) is 6.59. The van der Waals surface area contributed by atoms with Crippen LogP contribution < -0.4 is 15.3 Å². The van der Waals surface area contributed by atoms with E-state index in [1.54, 1.807) is 4.90 Å². The van der Waals surface area contributed by atoms with Crippen LogP contribution in [0.15, 0.2) is 42.5 Å². The quantitative estimate of drug-likeness (QED) is 0.137. The molecule has 0 unspecified atom stereocenters. The third-order valence-corrected chi connectivity index (χ3v) is 9.78. The van der Waals surface area contributed by atoms with Crippen molar-refractivity contribution in [1.82, 2.24) is 25.3 Å². The number of phenolic OH excluding ortho intramolecular Hbond substituents is 3. The highest BCUT2D eigenvalue weighted by Gasteiger charge is 2.43. The lowest BCUT2D eigenvalue weighted by Gasteiger charge is -2.36. The van der Waals surface area contributed by atoms with Crippen LogP contribution in [0.4, 0.5) is 18.4 Å². The first-order chi connectivity index (χ1) is 25.2. The number of phenols is 3. The summed E-state index contributed by atoms with van der Waals surface area (Å²) in [6.07, 6.45) is 0.506. The van der Waals surface area contributed by atoms with Crippen molar-refractivity contribution in [2.45, 2.75) is 37.3 Å². The molecule has 0 aliphatic carbocycles. The third kappa shape index (κ3) is 7.16. The van der Waals surface area contributed by atoms with Gasteiger partial charge >= 0.3 is 25.1 Å². The molecule has 16 nitrogen and oxygen atoms in total. The number of nitrogens with zero attached hydrogens (tertiary/aromatic N) is 3. The van der Waals surface area contributed by atoms with Gasteiger partial charge in [-0.15, -0.1) is 0 Å². The van der Waals surface area contributed by atoms with Gasteiger partial charge in [0.2, 0.25) is 5.91 Å². The number of carbonyl (C=O) groups excluding carboxylic acids is 4. The molecule has 3 aliphatic rings. The van der Waals surface area contributed by atoms with Crippen LogP contribution in [-0.2, 0) is 11.2 Å². The molecule has 0 radical (unpaired) electrons. The number of aromatic hydroxyl groups is 3. The maximum absolute atomic E-state index is 14.7. The Kier molecular flexibility index (Phi) is 10.2. The molecular weight excluding hydrogens is 727 g/mol. The second-order valence-corrected chi connectivity index (χ2v) is 13.0. The minimum absolute atomic E-state index is 0.0185. The number of rotatable bonds is 7. The fourth-order valence-corrected chi connectivity index (χ4v) is 6.85. The molecule has 3 aromatic rings. The monoisotopic (exact) mass is 757 g/mol. The van der Waals surface area contributed by atoms with Crippen molar-refractivity contribution in [3.63, 3.8) is 0 Å². The van der Waals surface area contributed by atoms with Crippen LogP contribution in [0.5, 0.6) is 23.0 Å². The molecular formula is C33H31BClF2N5O11. The fraction of sp³-hybridized carbons (Fsp3) is 0.303. The Bertz CT molecular complexity index is 2000. The number of carboxylic acids is 1. The van der Waals surface area contributed by atoms with Gasteiger partial charge in [0.05, 0.1) is 11.0 Å². The number of amides is 6. The topological polar surface area (TPSA) is 230 Å². The first-order valence-corrected chi connectivity index (χ1v) is 16.6. The summed E-state index contributed by atoms with van der Waals surface area (Å²) in [7, 11) is -1.93. The third-order valence-electron chi connectivity index (χ3n) is 9.38. The molecule has 3 aliphatic heterocycles. The minimum atomic E-state index is -1.96. The molecule has 2 atom stereocenters. The number of halogens is 3. The van der Waals surface area contributed by atoms with Crippen LogP contribution in [0.25, 0.3) is 0 Å². The SMILES string of the molecule is O=C(O)c1c(F)ccc2c1OB(O)[C@@H](NC(=O)[C@@H](NC(=O)N1CCN(C3CCN(C(=O)c4ccc(O)cc4)CC3)C1=O)c1cc(F)c(O)c(O)c1Cl)C2. The number of piperidine rings is 1. The molecule has 2 saturated heterocycles. The van der Waals surface area contributed by atoms with Crippen LogP contribution in [-0.4, -0.2) is 115 Å². The van der Waals surface area contributed by atoms with Crippen molar-refractivity contribution in [3.8, 4) is 23.0 Å². The van der Waals surface area contributed by atoms with E-state index in [-0.39, 0.29) is 42.8 Å². The number of imide groups is 1. The van der Waals surface area contributed by atoms with Crippen LogP contribution in [0.3, 0.4) is 0 Å². The van der Waals surface area contributed by atoms with Crippen molar-refractivity contribution >= 4 is 48.6 Å². The molecule has 0 aromatic heterocycles. The zero-order valence-electron chi connectivity index (χ0n) is 27.5. The molecule has 53 heavy (non-hydrogen) atoms. The Morgan fingerprint density at radius 1 is 0.943 bits per heavy atom. The van der Waals surface area contributed by atoms with Crippen molar-refractivity contribution in [3.05, 3.63) is 81.4 Å². The summed E-state index contributed by atoms with van der Waals surface area (Å²) in [6.45, 7) is 0.609. The smallest absolute Gasteiger partial charge is 0.534 e. The van der Waals surface area contributed by atoms with Gasteiger partial charge in [0.15, 0.2) is 17.3 Å². The van der Waals surface area contributed by atoms with Gasteiger partial charge in [-0.25, -0.2) is 28.1 Å². The summed E-state index contributed by atoms with van der Waals surface area (Å²) in [6, 6.07) is 4.31. The van der Waals surface area contributed by atoms with Crippen molar-refractivity contribution in [1.29, 1.82) is 0 Å². The largest absolute Gasteiger partial charge is 0.547 e. The van der Waals surface area contributed by atoms with Gasteiger partial charge in [-0.3, -0.25) is 9.59 Å². The van der Waals surface area contributed by atoms with Gasteiger partial charge in [0, 0.05) is 43.3 Å². The molecule has 20 heteroatoms.